The van der Waals surface area contributed by atoms with Crippen molar-refractivity contribution in [3.05, 3.63) is 52.3 Å². The molecule has 0 saturated carbocycles. The van der Waals surface area contributed by atoms with Gasteiger partial charge in [0, 0.05) is 30.9 Å². The molecule has 1 aromatic heterocycles. The average Bonchev–Trinajstić information content (AvgIpc) is 2.91. The Hall–Kier alpha value is -1.41. The molecule has 1 atom stereocenters. The van der Waals surface area contributed by atoms with Gasteiger partial charge in [0.2, 0.25) is 0 Å². The molecule has 2 aromatic rings. The maximum atomic E-state index is 11.3. The van der Waals surface area contributed by atoms with Gasteiger partial charge in [0.1, 0.15) is 15.9 Å². The fourth-order valence-electron chi connectivity index (χ4n) is 2.88. The summed E-state index contributed by atoms with van der Waals surface area (Å²) >= 11 is 6.22. The van der Waals surface area contributed by atoms with Crippen molar-refractivity contribution >= 4 is 21.4 Å². The molecule has 8 heteroatoms. The molecule has 0 aliphatic carbocycles. The van der Waals surface area contributed by atoms with Crippen molar-refractivity contribution < 1.29 is 13.5 Å². The van der Waals surface area contributed by atoms with Gasteiger partial charge in [0.15, 0.2) is 0 Å². The second-order valence-electron chi connectivity index (χ2n) is 6.19. The van der Waals surface area contributed by atoms with Gasteiger partial charge >= 0.3 is 0 Å². The third kappa shape index (κ3) is 4.16. The molecule has 0 spiro atoms. The number of sulfone groups is 1. The summed E-state index contributed by atoms with van der Waals surface area (Å²) in [6.07, 6.45) is 0.0208. The number of nitrogens with zero attached hydrogens (tertiary/aromatic N) is 3. The van der Waals surface area contributed by atoms with Gasteiger partial charge in [-0.2, -0.15) is 5.10 Å². The largest absolute Gasteiger partial charge is 0.386 e. The maximum Gasteiger partial charge on any atom is 0.150 e. The summed E-state index contributed by atoms with van der Waals surface area (Å²) in [5.74, 6) is -0.313. The maximum absolute atomic E-state index is 11.3. The predicted molar refractivity (Wildman–Crippen MR) is 92.5 cm³/mol. The van der Waals surface area contributed by atoms with Crippen LogP contribution in [-0.4, -0.2) is 46.8 Å². The topological polar surface area (TPSA) is 75.4 Å². The molecular weight excluding hydrogens is 350 g/mol. The smallest absolute Gasteiger partial charge is 0.150 e. The summed E-state index contributed by atoms with van der Waals surface area (Å²) in [7, 11) is -3.25. The fourth-order valence-corrected chi connectivity index (χ4v) is 3.82. The molecular formula is C16H20ClN3O3S. The number of benzene rings is 1. The molecule has 2 heterocycles. The third-order valence-electron chi connectivity index (χ3n) is 4.05. The van der Waals surface area contributed by atoms with Crippen LogP contribution in [-0.2, 0) is 29.5 Å². The summed E-state index contributed by atoms with van der Waals surface area (Å²) < 4.78 is 24.5. The van der Waals surface area contributed by atoms with Crippen molar-refractivity contribution in [1.82, 2.24) is 14.7 Å². The minimum absolute atomic E-state index is 0.313. The first kappa shape index (κ1) is 17.4. The van der Waals surface area contributed by atoms with E-state index < -0.39 is 15.9 Å². The second kappa shape index (κ2) is 6.84. The monoisotopic (exact) mass is 369 g/mol. The van der Waals surface area contributed by atoms with Crippen molar-refractivity contribution in [2.75, 3.05) is 18.6 Å². The molecule has 6 nitrogen and oxygen atoms in total. The van der Waals surface area contributed by atoms with Crippen LogP contribution in [0, 0.1) is 0 Å². The van der Waals surface area contributed by atoms with Crippen LogP contribution in [0.2, 0.25) is 5.02 Å². The van der Waals surface area contributed by atoms with E-state index >= 15 is 0 Å². The van der Waals surface area contributed by atoms with E-state index in [1.54, 1.807) is 6.07 Å². The number of aromatic nitrogens is 2. The SMILES string of the molecule is CS(=O)(=O)C[C@H](O)c1cc2n(n1)CCN(Cc1ccccc1Cl)C2. The van der Waals surface area contributed by atoms with Gasteiger partial charge in [-0.1, -0.05) is 29.8 Å². The molecule has 0 amide bonds. The van der Waals surface area contributed by atoms with Crippen molar-refractivity contribution in [2.24, 2.45) is 0 Å². The molecule has 0 unspecified atom stereocenters. The van der Waals surface area contributed by atoms with E-state index in [2.05, 4.69) is 10.00 Å². The highest BCUT2D eigenvalue weighted by Crippen LogP contribution is 2.22. The third-order valence-corrected chi connectivity index (χ3v) is 5.34. The molecule has 3 rings (SSSR count). The lowest BCUT2D eigenvalue weighted by Gasteiger charge is -2.27. The number of aliphatic hydroxyl groups is 1. The van der Waals surface area contributed by atoms with Crippen LogP contribution in [0.25, 0.3) is 0 Å². The Kier molecular flexibility index (Phi) is 4.96. The highest BCUT2D eigenvalue weighted by Gasteiger charge is 2.23. The Bertz CT molecular complexity index is 835. The molecule has 1 aliphatic rings. The lowest BCUT2D eigenvalue weighted by Crippen LogP contribution is -2.33. The van der Waals surface area contributed by atoms with Gasteiger partial charge in [-0.3, -0.25) is 9.58 Å². The summed E-state index contributed by atoms with van der Waals surface area (Å²) in [4.78, 5) is 2.25. The van der Waals surface area contributed by atoms with Crippen LogP contribution >= 0.6 is 11.6 Å². The van der Waals surface area contributed by atoms with Gasteiger partial charge in [-0.25, -0.2) is 8.42 Å². The van der Waals surface area contributed by atoms with Crippen LogP contribution in [0.5, 0.6) is 0 Å². The first-order valence-electron chi connectivity index (χ1n) is 7.70. The molecule has 0 radical (unpaired) electrons. The van der Waals surface area contributed by atoms with E-state index in [-0.39, 0.29) is 5.75 Å². The van der Waals surface area contributed by atoms with Crippen LogP contribution in [0.3, 0.4) is 0 Å². The molecule has 130 valence electrons. The minimum atomic E-state index is -3.25. The lowest BCUT2D eigenvalue weighted by atomic mass is 10.2. The van der Waals surface area contributed by atoms with Crippen LogP contribution < -0.4 is 0 Å². The number of hydrogen-bond donors (Lipinski definition) is 1. The molecule has 0 fully saturated rings. The van der Waals surface area contributed by atoms with E-state index in [1.807, 2.05) is 28.9 Å². The number of fused-ring (bicyclic) bond motifs is 1. The lowest BCUT2D eigenvalue weighted by molar-refractivity contribution is 0.191. The zero-order valence-electron chi connectivity index (χ0n) is 13.4. The van der Waals surface area contributed by atoms with E-state index in [4.69, 9.17) is 11.6 Å². The van der Waals surface area contributed by atoms with E-state index in [0.29, 0.717) is 18.8 Å². The zero-order valence-corrected chi connectivity index (χ0v) is 15.0. The average molecular weight is 370 g/mol. The molecule has 1 aliphatic heterocycles. The van der Waals surface area contributed by atoms with Crippen LogP contribution in [0.15, 0.2) is 30.3 Å². The summed E-state index contributed by atoms with van der Waals surface area (Å²) in [5.41, 5.74) is 2.45. The number of aliphatic hydroxyl groups excluding tert-OH is 1. The highest BCUT2D eigenvalue weighted by molar-refractivity contribution is 7.90. The van der Waals surface area contributed by atoms with E-state index in [9.17, 15) is 13.5 Å². The Morgan fingerprint density at radius 2 is 2.08 bits per heavy atom. The Labute approximate surface area is 146 Å². The molecule has 0 bridgehead atoms. The van der Waals surface area contributed by atoms with Crippen LogP contribution in [0.4, 0.5) is 0 Å². The first-order valence-corrected chi connectivity index (χ1v) is 10.1. The van der Waals surface area contributed by atoms with Crippen molar-refractivity contribution in [3.63, 3.8) is 0 Å². The molecule has 1 N–H and O–H groups in total. The molecule has 1 aromatic carbocycles. The quantitative estimate of drug-likeness (QED) is 0.867. The molecule has 0 saturated heterocycles. The predicted octanol–water partition coefficient (Wildman–Crippen LogP) is 1.63. The second-order valence-corrected chi connectivity index (χ2v) is 8.79. The highest BCUT2D eigenvalue weighted by atomic mass is 35.5. The number of hydrogen-bond acceptors (Lipinski definition) is 5. The van der Waals surface area contributed by atoms with Gasteiger partial charge in [0.05, 0.1) is 23.7 Å². The molecule has 24 heavy (non-hydrogen) atoms. The summed E-state index contributed by atoms with van der Waals surface area (Å²) in [6.45, 7) is 2.95. The standard InChI is InChI=1S/C16H20ClN3O3S/c1-24(22,23)11-16(21)15-8-13-10-19(6-7-20(13)18-15)9-12-4-2-3-5-14(12)17/h2-5,8,16,21H,6-7,9-11H2,1H3/t16-/m0/s1. The first-order chi connectivity index (χ1) is 11.3. The van der Waals surface area contributed by atoms with E-state index in [1.165, 1.54) is 0 Å². The van der Waals surface area contributed by atoms with Crippen molar-refractivity contribution in [2.45, 2.75) is 25.7 Å². The summed E-state index contributed by atoms with van der Waals surface area (Å²) in [6, 6.07) is 9.55. The fraction of sp³-hybridized carbons (Fsp3) is 0.438. The Morgan fingerprint density at radius 1 is 1.33 bits per heavy atom. The van der Waals surface area contributed by atoms with Gasteiger partial charge in [-0.15, -0.1) is 0 Å². The van der Waals surface area contributed by atoms with Gasteiger partial charge < -0.3 is 5.11 Å². The Balaban J connectivity index is 1.71. The number of halogens is 1. The zero-order chi connectivity index (χ0) is 17.3. The normalized spacial score (nSPS) is 16.8. The van der Waals surface area contributed by atoms with Gasteiger partial charge in [-0.05, 0) is 17.7 Å². The van der Waals surface area contributed by atoms with Gasteiger partial charge in [0.25, 0.3) is 0 Å². The summed E-state index contributed by atoms with van der Waals surface area (Å²) in [5, 5.41) is 15.2. The number of rotatable bonds is 5. The minimum Gasteiger partial charge on any atom is -0.386 e. The van der Waals surface area contributed by atoms with Crippen molar-refractivity contribution in [1.29, 1.82) is 0 Å². The van der Waals surface area contributed by atoms with E-state index in [0.717, 1.165) is 35.6 Å². The van der Waals surface area contributed by atoms with Crippen LogP contribution in [0.1, 0.15) is 23.1 Å². The Morgan fingerprint density at radius 3 is 2.79 bits per heavy atom. The van der Waals surface area contributed by atoms with Crippen molar-refractivity contribution in [3.8, 4) is 0 Å².